The van der Waals surface area contributed by atoms with E-state index in [1.54, 1.807) is 9.80 Å². The van der Waals surface area contributed by atoms with Crippen LogP contribution in [-0.4, -0.2) is 59.7 Å². The van der Waals surface area contributed by atoms with Gasteiger partial charge in [0.15, 0.2) is 0 Å². The molecule has 282 valence electrons. The zero-order valence-electron chi connectivity index (χ0n) is 33.4. The summed E-state index contributed by atoms with van der Waals surface area (Å²) < 4.78 is 0. The van der Waals surface area contributed by atoms with Crippen LogP contribution < -0.4 is 69.3 Å². The fourth-order valence-corrected chi connectivity index (χ4v) is 6.33. The summed E-state index contributed by atoms with van der Waals surface area (Å²) in [5.74, 6) is -2.08. The van der Waals surface area contributed by atoms with Gasteiger partial charge in [-0.2, -0.15) is 0 Å². The normalized spacial score (nSPS) is 10.7. The predicted octanol–water partition coefficient (Wildman–Crippen LogP) is 1.89. The number of carbonyl (C=O) groups excluding carboxylic acids is 4. The van der Waals surface area contributed by atoms with Gasteiger partial charge in [-0.1, -0.05) is 155 Å². The van der Waals surface area contributed by atoms with Gasteiger partial charge in [-0.25, -0.2) is 0 Å². The topological polar surface area (TPSA) is 121 Å². The molecule has 8 nitrogen and oxygen atoms in total. The third-order valence-electron chi connectivity index (χ3n) is 9.47. The molecule has 0 heterocycles. The number of hydrogen-bond acceptors (Lipinski definition) is 6. The number of rotatable bonds is 37. The van der Waals surface area contributed by atoms with E-state index in [-0.39, 0.29) is 96.9 Å². The number of aliphatic carboxylic acids is 2. The van der Waals surface area contributed by atoms with Gasteiger partial charge in [0.2, 0.25) is 11.8 Å². The van der Waals surface area contributed by atoms with Crippen molar-refractivity contribution >= 4 is 23.8 Å². The van der Waals surface area contributed by atoms with Gasteiger partial charge >= 0.3 is 59.1 Å². The summed E-state index contributed by atoms with van der Waals surface area (Å²) in [7, 11) is 0. The molecular weight excluding hydrogens is 650 g/mol. The molecule has 0 radical (unpaired) electrons. The van der Waals surface area contributed by atoms with Crippen LogP contribution in [0.1, 0.15) is 206 Å². The molecule has 0 aromatic rings. The first-order chi connectivity index (χ1) is 23.3. The van der Waals surface area contributed by atoms with Gasteiger partial charge in [0, 0.05) is 63.8 Å². The van der Waals surface area contributed by atoms with Crippen molar-refractivity contribution in [2.45, 2.75) is 206 Å². The molecule has 0 aromatic carbocycles. The Kier molecular flexibility index (Phi) is 45.2. The number of carboxylic acid groups (broad SMARTS) is 2. The van der Waals surface area contributed by atoms with E-state index in [9.17, 15) is 29.4 Å². The number of amides is 2. The van der Waals surface area contributed by atoms with Crippen LogP contribution in [-0.2, 0) is 19.2 Å². The summed E-state index contributed by atoms with van der Waals surface area (Å²) in [6.45, 7) is 6.15. The molecule has 0 saturated carbocycles. The zero-order valence-corrected chi connectivity index (χ0v) is 37.4. The van der Waals surface area contributed by atoms with Gasteiger partial charge in [0.05, 0.1) is 0 Å². The molecule has 0 spiro atoms. The van der Waals surface area contributed by atoms with E-state index in [2.05, 4.69) is 13.8 Å². The maximum Gasteiger partial charge on any atom is 1.00 e. The Balaban J connectivity index is -0.0000110. The zero-order chi connectivity index (χ0) is 35.5. The molecule has 0 atom stereocenters. The maximum absolute atomic E-state index is 12.8. The van der Waals surface area contributed by atoms with Crippen LogP contribution in [0.15, 0.2) is 0 Å². The van der Waals surface area contributed by atoms with E-state index < -0.39 is 11.9 Å². The number of hydrogen-bond donors (Lipinski definition) is 0. The monoisotopic (exact) mass is 725 g/mol. The summed E-state index contributed by atoms with van der Waals surface area (Å²) in [5.41, 5.74) is 0. The molecule has 0 aliphatic carbocycles. The summed E-state index contributed by atoms with van der Waals surface area (Å²) in [4.78, 5) is 51.0. The van der Waals surface area contributed by atoms with E-state index >= 15 is 0 Å². The van der Waals surface area contributed by atoms with Crippen molar-refractivity contribution in [3.63, 3.8) is 0 Å². The Hall–Kier alpha value is -0.120. The average Bonchev–Trinajstić information content (AvgIpc) is 3.06. The molecule has 0 fully saturated rings. The van der Waals surface area contributed by atoms with Gasteiger partial charge in [-0.15, -0.1) is 0 Å². The van der Waals surface area contributed by atoms with Gasteiger partial charge < -0.3 is 29.6 Å². The van der Waals surface area contributed by atoms with Gasteiger partial charge in [-0.3, -0.25) is 9.59 Å². The Morgan fingerprint density at radius 3 is 0.840 bits per heavy atom. The molecular formula is C40H74N2Na2O6. The number of carboxylic acids is 2. The first kappa shape index (κ1) is 54.2. The summed E-state index contributed by atoms with van der Waals surface area (Å²) in [6.07, 6.45) is 30.5. The molecule has 50 heavy (non-hydrogen) atoms. The molecule has 0 aliphatic heterocycles. The van der Waals surface area contributed by atoms with E-state index in [1.165, 1.54) is 77.0 Å². The Labute approximate surface area is 352 Å². The predicted molar refractivity (Wildman–Crippen MR) is 193 cm³/mol. The minimum atomic E-state index is -1.11. The largest absolute Gasteiger partial charge is 1.00 e. The van der Waals surface area contributed by atoms with Gasteiger partial charge in [0.1, 0.15) is 0 Å². The average molecular weight is 725 g/mol. The van der Waals surface area contributed by atoms with Gasteiger partial charge in [-0.05, 0) is 25.7 Å². The van der Waals surface area contributed by atoms with Crippen LogP contribution >= 0.6 is 0 Å². The minimum absolute atomic E-state index is 0. The maximum atomic E-state index is 12.8. The second-order valence-corrected chi connectivity index (χ2v) is 14.0. The molecule has 0 rings (SSSR count). The van der Waals surface area contributed by atoms with Crippen LogP contribution in [0.4, 0.5) is 0 Å². The second kappa shape index (κ2) is 41.6. The summed E-state index contributed by atoms with van der Waals surface area (Å²) in [5, 5.41) is 22.0. The van der Waals surface area contributed by atoms with E-state index in [1.807, 2.05) is 0 Å². The summed E-state index contributed by atoms with van der Waals surface area (Å²) in [6, 6.07) is 0. The Bertz CT molecular complexity index is 738. The van der Waals surface area contributed by atoms with Crippen LogP contribution in [0.5, 0.6) is 0 Å². The van der Waals surface area contributed by atoms with Crippen LogP contribution in [0, 0.1) is 0 Å². The van der Waals surface area contributed by atoms with Crippen molar-refractivity contribution in [2.75, 3.05) is 26.2 Å². The van der Waals surface area contributed by atoms with Crippen LogP contribution in [0.25, 0.3) is 0 Å². The van der Waals surface area contributed by atoms with E-state index in [0.717, 1.165) is 89.9 Å². The molecule has 0 unspecified atom stereocenters. The Morgan fingerprint density at radius 2 is 0.580 bits per heavy atom. The van der Waals surface area contributed by atoms with E-state index in [4.69, 9.17) is 0 Å². The van der Waals surface area contributed by atoms with Crippen molar-refractivity contribution < 1.29 is 88.5 Å². The molecule has 0 aromatic heterocycles. The smallest absolute Gasteiger partial charge is 0.550 e. The standard InChI is InChI=1S/C40H76N2O6.2Na/c1-3-5-7-9-11-13-17-21-25-29-37(43)41(35-31-39(45)46)33-27-23-19-15-16-20-24-28-34-42(36-32-40(47)48)38(44)30-26-22-18-14-12-10-8-6-4-2;;/h3-36H2,1-2H3,(H,45,46)(H,47,48);;/q;2*+1/p-2. The molecule has 2 amide bonds. The first-order valence-corrected chi connectivity index (χ1v) is 20.3. The molecule has 0 bridgehead atoms. The third kappa shape index (κ3) is 37.6. The number of nitrogens with zero attached hydrogens (tertiary/aromatic N) is 2. The van der Waals surface area contributed by atoms with Crippen molar-refractivity contribution in [1.29, 1.82) is 0 Å². The van der Waals surface area contributed by atoms with Gasteiger partial charge in [0.25, 0.3) is 0 Å². The Morgan fingerprint density at radius 1 is 0.340 bits per heavy atom. The summed E-state index contributed by atoms with van der Waals surface area (Å²) >= 11 is 0. The minimum Gasteiger partial charge on any atom is -0.550 e. The fraction of sp³-hybridized carbons (Fsp3) is 0.900. The van der Waals surface area contributed by atoms with E-state index in [0.29, 0.717) is 25.9 Å². The third-order valence-corrected chi connectivity index (χ3v) is 9.47. The molecule has 0 N–H and O–H groups in total. The van der Waals surface area contributed by atoms with Crippen molar-refractivity contribution in [1.82, 2.24) is 9.80 Å². The van der Waals surface area contributed by atoms with Crippen LogP contribution in [0.2, 0.25) is 0 Å². The fourth-order valence-electron chi connectivity index (χ4n) is 6.33. The first-order valence-electron chi connectivity index (χ1n) is 20.3. The number of unbranched alkanes of at least 4 members (excludes halogenated alkanes) is 23. The molecule has 10 heteroatoms. The van der Waals surface area contributed by atoms with Crippen molar-refractivity contribution in [3.05, 3.63) is 0 Å². The SMILES string of the molecule is CCCCCCCCCCCC(=O)N(CCCCCCCCCCN(CCC(=O)[O-])C(=O)CCCCCCCCCCC)CCC(=O)[O-].[Na+].[Na+]. The molecule has 0 aliphatic rings. The van der Waals surface area contributed by atoms with Crippen LogP contribution in [0.3, 0.4) is 0 Å². The second-order valence-electron chi connectivity index (χ2n) is 14.0. The quantitative estimate of drug-likeness (QED) is 0.0714. The molecule has 0 saturated heterocycles. The van der Waals surface area contributed by atoms with Crippen molar-refractivity contribution in [2.24, 2.45) is 0 Å². The number of carbonyl (C=O) groups is 4. The van der Waals surface area contributed by atoms with Crippen molar-refractivity contribution in [3.8, 4) is 0 Å².